The van der Waals surface area contributed by atoms with E-state index in [2.05, 4.69) is 11.4 Å². The lowest BCUT2D eigenvalue weighted by Crippen LogP contribution is -2.30. The van der Waals surface area contributed by atoms with Crippen molar-refractivity contribution in [2.75, 3.05) is 6.54 Å². The van der Waals surface area contributed by atoms with Gasteiger partial charge in [-0.1, -0.05) is 23.2 Å². The first kappa shape index (κ1) is 15.2. The van der Waals surface area contributed by atoms with Gasteiger partial charge in [-0.2, -0.15) is 5.26 Å². The van der Waals surface area contributed by atoms with Crippen molar-refractivity contribution in [2.24, 2.45) is 5.41 Å². The van der Waals surface area contributed by atoms with Gasteiger partial charge in [0.25, 0.3) is 0 Å². The minimum Gasteiger partial charge on any atom is -0.309 e. The molecule has 1 aromatic carbocycles. The zero-order chi connectivity index (χ0) is 13.9. The van der Waals surface area contributed by atoms with E-state index in [4.69, 9.17) is 28.5 Å². The maximum absolute atomic E-state index is 13.4. The van der Waals surface area contributed by atoms with E-state index in [0.717, 1.165) is 0 Å². The highest BCUT2D eigenvalue weighted by molar-refractivity contribution is 6.35. The molecule has 18 heavy (non-hydrogen) atoms. The van der Waals surface area contributed by atoms with Crippen LogP contribution in [0.5, 0.6) is 0 Å². The van der Waals surface area contributed by atoms with Gasteiger partial charge in [0.1, 0.15) is 5.82 Å². The summed E-state index contributed by atoms with van der Waals surface area (Å²) in [6, 6.07) is 4.75. The van der Waals surface area contributed by atoms with Gasteiger partial charge in [-0.25, -0.2) is 4.39 Å². The van der Waals surface area contributed by atoms with Gasteiger partial charge < -0.3 is 5.32 Å². The van der Waals surface area contributed by atoms with Crippen LogP contribution in [0, 0.1) is 22.6 Å². The summed E-state index contributed by atoms with van der Waals surface area (Å²) in [5, 5.41) is 12.5. The summed E-state index contributed by atoms with van der Waals surface area (Å²) in [4.78, 5) is 0. The van der Waals surface area contributed by atoms with Crippen molar-refractivity contribution in [3.8, 4) is 6.07 Å². The van der Waals surface area contributed by atoms with E-state index >= 15 is 0 Å². The van der Waals surface area contributed by atoms with E-state index < -0.39 is 11.2 Å². The molecular weight excluding hydrogens is 274 g/mol. The maximum atomic E-state index is 13.4. The Morgan fingerprint density at radius 1 is 1.39 bits per heavy atom. The fourth-order valence-corrected chi connectivity index (χ4v) is 1.97. The molecule has 2 nitrogen and oxygen atoms in total. The highest BCUT2D eigenvalue weighted by Gasteiger charge is 2.19. The Kier molecular flexibility index (Phi) is 4.98. The van der Waals surface area contributed by atoms with Crippen molar-refractivity contribution in [2.45, 2.75) is 26.8 Å². The van der Waals surface area contributed by atoms with Crippen molar-refractivity contribution >= 4 is 23.2 Å². The molecule has 0 bridgehead atoms. The van der Waals surface area contributed by atoms with Crippen LogP contribution in [0.3, 0.4) is 0 Å². The molecule has 1 rings (SSSR count). The molecule has 1 N–H and O–H groups in total. The van der Waals surface area contributed by atoms with E-state index in [1.807, 2.05) is 20.8 Å². The fraction of sp³-hybridized carbons (Fsp3) is 0.462. The van der Waals surface area contributed by atoms with Crippen LogP contribution in [-0.2, 0) is 0 Å². The lowest BCUT2D eigenvalue weighted by Gasteiger charge is -2.21. The van der Waals surface area contributed by atoms with E-state index in [1.54, 1.807) is 0 Å². The molecule has 5 heteroatoms. The third-order valence-electron chi connectivity index (χ3n) is 2.66. The number of nitrogens with zero attached hydrogens (tertiary/aromatic N) is 1. The van der Waals surface area contributed by atoms with Gasteiger partial charge in [0.15, 0.2) is 0 Å². The zero-order valence-corrected chi connectivity index (χ0v) is 12.0. The lowest BCUT2D eigenvalue weighted by molar-refractivity contribution is 0.414. The number of hydrogen-bond donors (Lipinski definition) is 1. The summed E-state index contributed by atoms with van der Waals surface area (Å²) >= 11 is 11.7. The molecule has 0 aliphatic rings. The first-order chi connectivity index (χ1) is 8.26. The maximum Gasteiger partial charge on any atom is 0.142 e. The Morgan fingerprint density at radius 3 is 2.56 bits per heavy atom. The van der Waals surface area contributed by atoms with Crippen LogP contribution in [0.25, 0.3) is 0 Å². The van der Waals surface area contributed by atoms with Gasteiger partial charge in [0, 0.05) is 17.6 Å². The second-order valence-electron chi connectivity index (χ2n) is 4.89. The predicted octanol–water partition coefficient (Wildman–Crippen LogP) is 4.33. The number of hydrogen-bond acceptors (Lipinski definition) is 2. The molecule has 0 amide bonds. The molecule has 0 aliphatic carbocycles. The number of nitrogens with one attached hydrogen (secondary N) is 1. The summed E-state index contributed by atoms with van der Waals surface area (Å²) < 4.78 is 13.4. The summed E-state index contributed by atoms with van der Waals surface area (Å²) in [5.41, 5.74) is 0.151. The third-order valence-corrected chi connectivity index (χ3v) is 3.28. The molecule has 0 saturated heterocycles. The molecule has 0 spiro atoms. The van der Waals surface area contributed by atoms with Crippen LogP contribution in [0.15, 0.2) is 12.1 Å². The van der Waals surface area contributed by atoms with Gasteiger partial charge in [0.2, 0.25) is 0 Å². The van der Waals surface area contributed by atoms with Crippen molar-refractivity contribution < 1.29 is 4.39 Å². The Balaban J connectivity index is 2.83. The topological polar surface area (TPSA) is 35.8 Å². The summed E-state index contributed by atoms with van der Waals surface area (Å²) in [7, 11) is 0. The molecule has 0 fully saturated rings. The van der Waals surface area contributed by atoms with Crippen molar-refractivity contribution in [3.63, 3.8) is 0 Å². The minimum absolute atomic E-state index is 0.00769. The Labute approximate surface area is 117 Å². The van der Waals surface area contributed by atoms with Gasteiger partial charge in [0.05, 0.1) is 16.5 Å². The van der Waals surface area contributed by atoms with E-state index in [-0.39, 0.29) is 11.1 Å². The van der Waals surface area contributed by atoms with Crippen LogP contribution in [0.1, 0.15) is 32.4 Å². The number of nitriles is 1. The average Bonchev–Trinajstić information content (AvgIpc) is 2.31. The van der Waals surface area contributed by atoms with Crippen LogP contribution in [0.2, 0.25) is 10.0 Å². The number of halogens is 3. The quantitative estimate of drug-likeness (QED) is 0.837. The van der Waals surface area contributed by atoms with E-state index in [0.29, 0.717) is 17.1 Å². The molecule has 1 aromatic rings. The first-order valence-corrected chi connectivity index (χ1v) is 6.31. The molecule has 0 aliphatic heterocycles. The van der Waals surface area contributed by atoms with Crippen LogP contribution < -0.4 is 5.32 Å². The zero-order valence-electron chi connectivity index (χ0n) is 10.5. The highest BCUT2D eigenvalue weighted by atomic mass is 35.5. The molecule has 98 valence electrons. The molecule has 1 atom stereocenters. The number of rotatable bonds is 4. The molecule has 0 heterocycles. The SMILES string of the molecule is CC(NCC(C)(C)C#N)c1cc(F)c(Cl)cc1Cl. The first-order valence-electron chi connectivity index (χ1n) is 5.56. The van der Waals surface area contributed by atoms with Gasteiger partial charge in [-0.15, -0.1) is 0 Å². The highest BCUT2D eigenvalue weighted by Crippen LogP contribution is 2.29. The Bertz CT molecular complexity index is 481. The van der Waals surface area contributed by atoms with E-state index in [1.165, 1.54) is 12.1 Å². The van der Waals surface area contributed by atoms with Gasteiger partial charge in [-0.3, -0.25) is 0 Å². The summed E-state index contributed by atoms with van der Waals surface area (Å²) in [6.07, 6.45) is 0. The summed E-state index contributed by atoms with van der Waals surface area (Å²) in [5.74, 6) is -0.496. The second kappa shape index (κ2) is 5.88. The van der Waals surface area contributed by atoms with Crippen molar-refractivity contribution in [1.29, 1.82) is 5.26 Å². The van der Waals surface area contributed by atoms with Crippen LogP contribution in [-0.4, -0.2) is 6.54 Å². The Hall–Kier alpha value is -0.820. The lowest BCUT2D eigenvalue weighted by atomic mass is 9.95. The third kappa shape index (κ3) is 3.84. The monoisotopic (exact) mass is 288 g/mol. The average molecular weight is 289 g/mol. The molecule has 0 saturated carbocycles. The standard InChI is InChI=1S/C13H15Cl2FN2/c1-8(18-7-13(2,3)6-17)9-4-12(16)11(15)5-10(9)14/h4-5,8,18H,7H2,1-3H3. The van der Waals surface area contributed by atoms with E-state index in [9.17, 15) is 4.39 Å². The largest absolute Gasteiger partial charge is 0.309 e. The van der Waals surface area contributed by atoms with Crippen LogP contribution >= 0.6 is 23.2 Å². The van der Waals surface area contributed by atoms with Gasteiger partial charge >= 0.3 is 0 Å². The second-order valence-corrected chi connectivity index (χ2v) is 5.70. The van der Waals surface area contributed by atoms with Crippen LogP contribution in [0.4, 0.5) is 4.39 Å². The molecule has 0 aromatic heterocycles. The molecule has 0 radical (unpaired) electrons. The minimum atomic E-state index is -0.496. The fourth-order valence-electron chi connectivity index (χ4n) is 1.43. The molecule has 1 unspecified atom stereocenters. The summed E-state index contributed by atoms with van der Waals surface area (Å²) in [6.45, 7) is 6.01. The molecular formula is C13H15Cl2FN2. The smallest absolute Gasteiger partial charge is 0.142 e. The van der Waals surface area contributed by atoms with Gasteiger partial charge in [-0.05, 0) is 38.5 Å². The van der Waals surface area contributed by atoms with Crippen molar-refractivity contribution in [1.82, 2.24) is 5.32 Å². The predicted molar refractivity (Wildman–Crippen MR) is 72.2 cm³/mol. The number of benzene rings is 1. The Morgan fingerprint density at radius 2 is 2.00 bits per heavy atom. The van der Waals surface area contributed by atoms with Crippen molar-refractivity contribution in [3.05, 3.63) is 33.6 Å². The normalized spacial score (nSPS) is 13.2.